The fourth-order valence-corrected chi connectivity index (χ4v) is 4.80. The Bertz CT molecular complexity index is 1050. The van der Waals surface area contributed by atoms with Gasteiger partial charge in [0.2, 0.25) is 0 Å². The number of halogens is 1. The molecule has 146 valence electrons. The second kappa shape index (κ2) is 7.47. The van der Waals surface area contributed by atoms with Gasteiger partial charge in [-0.3, -0.25) is 4.79 Å². The molecule has 7 heteroatoms. The van der Waals surface area contributed by atoms with Gasteiger partial charge < -0.3 is 10.2 Å². The van der Waals surface area contributed by atoms with Gasteiger partial charge in [-0.1, -0.05) is 6.07 Å². The number of benzene rings is 1. The molecule has 1 atom stereocenters. The van der Waals surface area contributed by atoms with E-state index in [1.807, 2.05) is 6.92 Å². The van der Waals surface area contributed by atoms with Crippen LogP contribution in [0.1, 0.15) is 47.0 Å². The summed E-state index contributed by atoms with van der Waals surface area (Å²) in [6, 6.07) is 5.12. The molecule has 0 bridgehead atoms. The van der Waals surface area contributed by atoms with Crippen molar-refractivity contribution in [3.05, 3.63) is 46.3 Å². The minimum Gasteiger partial charge on any atom is -0.353 e. The Morgan fingerprint density at radius 1 is 1.29 bits per heavy atom. The number of carbonyl (C=O) groups is 1. The first-order valence-electron chi connectivity index (χ1n) is 9.54. The largest absolute Gasteiger partial charge is 0.353 e. The van der Waals surface area contributed by atoms with Crippen molar-refractivity contribution in [1.82, 2.24) is 9.97 Å². The van der Waals surface area contributed by atoms with E-state index in [1.165, 1.54) is 23.8 Å². The molecule has 0 spiro atoms. The van der Waals surface area contributed by atoms with E-state index in [-0.39, 0.29) is 11.7 Å². The molecule has 1 saturated heterocycles. The zero-order valence-corrected chi connectivity index (χ0v) is 17.1. The molecular formula is C21H23FN4OS. The third-order valence-electron chi connectivity index (χ3n) is 5.42. The molecule has 1 aliphatic rings. The van der Waals surface area contributed by atoms with Crippen molar-refractivity contribution in [2.75, 3.05) is 16.8 Å². The van der Waals surface area contributed by atoms with Crippen LogP contribution in [0.15, 0.2) is 24.5 Å². The Balaban J connectivity index is 1.70. The van der Waals surface area contributed by atoms with Crippen LogP contribution in [-0.4, -0.2) is 28.5 Å². The van der Waals surface area contributed by atoms with Gasteiger partial charge in [0.15, 0.2) is 0 Å². The van der Waals surface area contributed by atoms with Gasteiger partial charge in [0.25, 0.3) is 5.91 Å². The monoisotopic (exact) mass is 398 g/mol. The van der Waals surface area contributed by atoms with Crippen LogP contribution in [0, 0.1) is 19.7 Å². The number of hydrogen-bond acceptors (Lipinski definition) is 5. The van der Waals surface area contributed by atoms with Crippen molar-refractivity contribution >= 4 is 39.0 Å². The second-order valence-corrected chi connectivity index (χ2v) is 8.39. The smallest absolute Gasteiger partial charge is 0.266 e. The molecule has 1 aromatic carbocycles. The summed E-state index contributed by atoms with van der Waals surface area (Å²) in [4.78, 5) is 25.5. The molecule has 1 aliphatic heterocycles. The number of hydrogen-bond donors (Lipinski definition) is 1. The molecule has 0 aliphatic carbocycles. The number of nitrogens with zero attached hydrogens (tertiary/aromatic N) is 3. The van der Waals surface area contributed by atoms with Crippen molar-refractivity contribution in [3.63, 3.8) is 0 Å². The van der Waals surface area contributed by atoms with E-state index in [4.69, 9.17) is 0 Å². The van der Waals surface area contributed by atoms with E-state index >= 15 is 0 Å². The predicted molar refractivity (Wildman–Crippen MR) is 112 cm³/mol. The molecule has 1 unspecified atom stereocenters. The summed E-state index contributed by atoms with van der Waals surface area (Å²) < 4.78 is 13.8. The van der Waals surface area contributed by atoms with Gasteiger partial charge in [-0.2, -0.15) is 0 Å². The van der Waals surface area contributed by atoms with Gasteiger partial charge in [0, 0.05) is 18.3 Å². The second-order valence-electron chi connectivity index (χ2n) is 7.39. The maximum atomic E-state index is 13.8. The Kier molecular flexibility index (Phi) is 5.02. The molecule has 0 radical (unpaired) electrons. The summed E-state index contributed by atoms with van der Waals surface area (Å²) >= 11 is 1.35. The van der Waals surface area contributed by atoms with Crippen LogP contribution in [-0.2, 0) is 0 Å². The van der Waals surface area contributed by atoms with Crippen LogP contribution in [0.5, 0.6) is 0 Å². The van der Waals surface area contributed by atoms with E-state index in [0.29, 0.717) is 22.2 Å². The van der Waals surface area contributed by atoms with Crippen molar-refractivity contribution in [3.8, 4) is 0 Å². The van der Waals surface area contributed by atoms with Gasteiger partial charge >= 0.3 is 0 Å². The number of anilines is 2. The molecule has 1 fully saturated rings. The molecular weight excluding hydrogens is 375 g/mol. The predicted octanol–water partition coefficient (Wildman–Crippen LogP) is 5.08. The Morgan fingerprint density at radius 3 is 2.86 bits per heavy atom. The molecule has 4 rings (SSSR count). The van der Waals surface area contributed by atoms with Crippen LogP contribution >= 0.6 is 11.3 Å². The van der Waals surface area contributed by atoms with E-state index < -0.39 is 0 Å². The number of aryl methyl sites for hydroxylation is 2. The SMILES string of the molecule is Cc1ccc(NC(=O)c2sc3ncnc(N4CCCCC4C)c3c2C)cc1F. The summed E-state index contributed by atoms with van der Waals surface area (Å²) in [6.07, 6.45) is 5.09. The number of carbonyl (C=O) groups excluding carboxylic acids is 1. The number of piperidine rings is 1. The first-order valence-corrected chi connectivity index (χ1v) is 10.4. The Hall–Kier alpha value is -2.54. The van der Waals surface area contributed by atoms with Gasteiger partial charge in [-0.25, -0.2) is 14.4 Å². The number of fused-ring (bicyclic) bond motifs is 1. The number of rotatable bonds is 3. The van der Waals surface area contributed by atoms with Crippen LogP contribution < -0.4 is 10.2 Å². The lowest BCUT2D eigenvalue weighted by Crippen LogP contribution is -2.38. The van der Waals surface area contributed by atoms with Crippen molar-refractivity contribution in [1.29, 1.82) is 0 Å². The topological polar surface area (TPSA) is 58.1 Å². The average molecular weight is 399 g/mol. The minimum atomic E-state index is -0.335. The summed E-state index contributed by atoms with van der Waals surface area (Å²) in [5.41, 5.74) is 1.87. The molecule has 1 amide bonds. The van der Waals surface area contributed by atoms with Gasteiger partial charge in [-0.05, 0) is 63.3 Å². The molecule has 2 aromatic heterocycles. The third kappa shape index (κ3) is 3.35. The highest BCUT2D eigenvalue weighted by Crippen LogP contribution is 2.37. The summed E-state index contributed by atoms with van der Waals surface area (Å²) in [5, 5.41) is 3.75. The van der Waals surface area contributed by atoms with Gasteiger partial charge in [0.05, 0.1) is 10.3 Å². The third-order valence-corrected chi connectivity index (χ3v) is 6.62. The number of thiophene rings is 1. The number of nitrogens with one attached hydrogen (secondary N) is 1. The van der Waals surface area contributed by atoms with Crippen molar-refractivity contribution < 1.29 is 9.18 Å². The first-order chi connectivity index (χ1) is 13.5. The Morgan fingerprint density at radius 2 is 2.11 bits per heavy atom. The molecule has 3 aromatic rings. The van der Waals surface area contributed by atoms with Gasteiger partial charge in [-0.15, -0.1) is 11.3 Å². The molecule has 1 N–H and O–H groups in total. The standard InChI is InChI=1S/C21H23FN4OS/c1-12-7-8-15(10-16(12)22)25-20(27)18-14(3)17-19(23-11-24-21(17)28-18)26-9-5-4-6-13(26)2/h7-8,10-11,13H,4-6,9H2,1-3H3,(H,25,27). The average Bonchev–Trinajstić information content (AvgIpc) is 3.02. The van der Waals surface area contributed by atoms with Gasteiger partial charge in [0.1, 0.15) is 22.8 Å². The minimum absolute atomic E-state index is 0.249. The van der Waals surface area contributed by atoms with E-state index in [2.05, 4.69) is 27.1 Å². The lowest BCUT2D eigenvalue weighted by atomic mass is 10.0. The summed E-state index contributed by atoms with van der Waals surface area (Å²) in [5.74, 6) is 0.325. The molecule has 3 heterocycles. The fraction of sp³-hybridized carbons (Fsp3) is 0.381. The molecule has 28 heavy (non-hydrogen) atoms. The number of amides is 1. The summed E-state index contributed by atoms with van der Waals surface area (Å²) in [6.45, 7) is 6.81. The Labute approximate surface area is 167 Å². The van der Waals surface area contributed by atoms with E-state index in [1.54, 1.807) is 25.4 Å². The zero-order chi connectivity index (χ0) is 19.8. The zero-order valence-electron chi connectivity index (χ0n) is 16.3. The van der Waals surface area contributed by atoms with Crippen LogP contribution in [0.2, 0.25) is 0 Å². The lowest BCUT2D eigenvalue weighted by molar-refractivity contribution is 0.103. The van der Waals surface area contributed by atoms with Crippen LogP contribution in [0.25, 0.3) is 10.2 Å². The van der Waals surface area contributed by atoms with E-state index in [9.17, 15) is 9.18 Å². The normalized spacial score (nSPS) is 17.1. The highest BCUT2D eigenvalue weighted by molar-refractivity contribution is 7.20. The fourth-order valence-electron chi connectivity index (χ4n) is 3.76. The molecule has 0 saturated carbocycles. The highest BCUT2D eigenvalue weighted by Gasteiger charge is 2.25. The maximum Gasteiger partial charge on any atom is 0.266 e. The van der Waals surface area contributed by atoms with E-state index in [0.717, 1.165) is 41.0 Å². The van der Waals surface area contributed by atoms with Crippen LogP contribution in [0.3, 0.4) is 0 Å². The maximum absolute atomic E-state index is 13.8. The highest BCUT2D eigenvalue weighted by atomic mass is 32.1. The number of aromatic nitrogens is 2. The van der Waals surface area contributed by atoms with Crippen molar-refractivity contribution in [2.24, 2.45) is 0 Å². The quantitative estimate of drug-likeness (QED) is 0.669. The molecule has 5 nitrogen and oxygen atoms in total. The lowest BCUT2D eigenvalue weighted by Gasteiger charge is -2.34. The van der Waals surface area contributed by atoms with Crippen LogP contribution in [0.4, 0.5) is 15.9 Å². The summed E-state index contributed by atoms with van der Waals surface area (Å²) in [7, 11) is 0. The van der Waals surface area contributed by atoms with Crippen molar-refractivity contribution in [2.45, 2.75) is 46.1 Å². The first kappa shape index (κ1) is 18.8.